The van der Waals surface area contributed by atoms with Crippen LogP contribution in [0.2, 0.25) is 0 Å². The summed E-state index contributed by atoms with van der Waals surface area (Å²) in [5, 5.41) is 1.16. The molecule has 0 N–H and O–H groups in total. The number of carbonyl (C=O) groups excluding carboxylic acids is 2. The Hall–Kier alpha value is -3.21. The summed E-state index contributed by atoms with van der Waals surface area (Å²) >= 11 is 0. The molecule has 0 saturated carbocycles. The number of hydrogen-bond acceptors (Lipinski definition) is 5. The van der Waals surface area contributed by atoms with E-state index in [1.165, 1.54) is 4.90 Å². The molecule has 36 heavy (non-hydrogen) atoms. The van der Waals surface area contributed by atoms with Crippen LogP contribution in [0.5, 0.6) is 0 Å². The van der Waals surface area contributed by atoms with Gasteiger partial charge in [0.1, 0.15) is 11.7 Å². The van der Waals surface area contributed by atoms with Crippen LogP contribution in [0.15, 0.2) is 91.0 Å². The molecule has 6 nitrogen and oxygen atoms in total. The highest BCUT2D eigenvalue weighted by atomic mass is 31.2. The first-order valence-electron chi connectivity index (χ1n) is 12.0. The molecule has 3 aromatic rings. The van der Waals surface area contributed by atoms with E-state index in [9.17, 15) is 14.2 Å². The largest absolute Gasteiger partial charge is 0.444 e. The Labute approximate surface area is 212 Å². The van der Waals surface area contributed by atoms with Crippen molar-refractivity contribution in [2.45, 2.75) is 51.7 Å². The van der Waals surface area contributed by atoms with E-state index in [1.807, 2.05) is 73.7 Å². The number of hydrogen-bond donors (Lipinski definition) is 0. The van der Waals surface area contributed by atoms with E-state index in [0.717, 1.165) is 5.56 Å². The van der Waals surface area contributed by atoms with Gasteiger partial charge in [-0.2, -0.15) is 0 Å². The SMILES string of the molecule is C[C@H]1[C@@H](c2ccccc2)O[C@@H](C(=O)CP(=O)(c2ccccc2)c2ccccc2)N1C(=O)OC(C)(C)C. The average molecular weight is 506 g/mol. The molecule has 1 heterocycles. The Bertz CT molecular complexity index is 1200. The Morgan fingerprint density at radius 1 is 0.861 bits per heavy atom. The van der Waals surface area contributed by atoms with E-state index in [2.05, 4.69) is 0 Å². The van der Waals surface area contributed by atoms with E-state index in [-0.39, 0.29) is 6.16 Å². The number of rotatable bonds is 6. The molecule has 0 bridgehead atoms. The van der Waals surface area contributed by atoms with Crippen molar-refractivity contribution in [2.24, 2.45) is 0 Å². The van der Waals surface area contributed by atoms with Gasteiger partial charge in [-0.05, 0) is 33.3 Å². The number of benzene rings is 3. The van der Waals surface area contributed by atoms with Crippen LogP contribution in [0.4, 0.5) is 4.79 Å². The van der Waals surface area contributed by atoms with Crippen molar-refractivity contribution in [3.8, 4) is 0 Å². The lowest BCUT2D eigenvalue weighted by Gasteiger charge is -2.30. The van der Waals surface area contributed by atoms with Crippen LogP contribution in [0, 0.1) is 0 Å². The molecule has 0 spiro atoms. The maximum Gasteiger partial charge on any atom is 0.413 e. The maximum absolute atomic E-state index is 14.5. The maximum atomic E-state index is 14.5. The minimum atomic E-state index is -3.35. The number of Topliss-reactive ketones (excluding diaryl/α,β-unsaturated/α-hetero) is 1. The Balaban J connectivity index is 1.71. The number of amides is 1. The summed E-state index contributed by atoms with van der Waals surface area (Å²) in [6, 6.07) is 27.0. The summed E-state index contributed by atoms with van der Waals surface area (Å²) in [4.78, 5) is 28.5. The van der Waals surface area contributed by atoms with Crippen LogP contribution < -0.4 is 10.6 Å². The molecule has 1 amide bonds. The second-order valence-electron chi connectivity index (χ2n) is 9.98. The van der Waals surface area contributed by atoms with Gasteiger partial charge >= 0.3 is 6.09 Å². The van der Waals surface area contributed by atoms with Gasteiger partial charge < -0.3 is 14.0 Å². The molecule has 0 radical (unpaired) electrons. The highest BCUT2D eigenvalue weighted by molar-refractivity contribution is 7.79. The quantitative estimate of drug-likeness (QED) is 0.426. The Kier molecular flexibility index (Phi) is 7.49. The third kappa shape index (κ3) is 5.45. The van der Waals surface area contributed by atoms with E-state index >= 15 is 0 Å². The summed E-state index contributed by atoms with van der Waals surface area (Å²) in [7, 11) is -3.35. The first-order valence-corrected chi connectivity index (χ1v) is 13.9. The third-order valence-electron chi connectivity index (χ3n) is 6.14. The molecular formula is C29H32NO5P. The van der Waals surface area contributed by atoms with Gasteiger partial charge in [0.05, 0.1) is 12.2 Å². The van der Waals surface area contributed by atoms with Crippen LogP contribution in [-0.4, -0.2) is 40.8 Å². The van der Waals surface area contributed by atoms with Crippen molar-refractivity contribution in [3.05, 3.63) is 96.6 Å². The zero-order chi connectivity index (χ0) is 25.9. The van der Waals surface area contributed by atoms with Gasteiger partial charge in [-0.1, -0.05) is 91.0 Å². The summed E-state index contributed by atoms with van der Waals surface area (Å²) in [5.41, 5.74) is 0.0988. The fourth-order valence-corrected chi connectivity index (χ4v) is 7.02. The van der Waals surface area contributed by atoms with Crippen molar-refractivity contribution in [2.75, 3.05) is 6.16 Å². The summed E-state index contributed by atoms with van der Waals surface area (Å²) in [6.45, 7) is 7.16. The lowest BCUT2D eigenvalue weighted by Crippen LogP contribution is -2.48. The van der Waals surface area contributed by atoms with E-state index in [0.29, 0.717) is 10.6 Å². The molecule has 0 aliphatic carbocycles. The highest BCUT2D eigenvalue weighted by Gasteiger charge is 2.49. The number of ether oxygens (including phenoxy) is 2. The fraction of sp³-hybridized carbons (Fsp3) is 0.310. The lowest BCUT2D eigenvalue weighted by molar-refractivity contribution is -0.133. The topological polar surface area (TPSA) is 72.9 Å². The number of carbonyl (C=O) groups is 2. The second-order valence-corrected chi connectivity index (χ2v) is 12.8. The minimum absolute atomic E-state index is 0.279. The zero-order valence-electron chi connectivity index (χ0n) is 21.0. The van der Waals surface area contributed by atoms with Gasteiger partial charge in [0.15, 0.2) is 19.2 Å². The number of nitrogens with zero attached hydrogens (tertiary/aromatic N) is 1. The smallest absolute Gasteiger partial charge is 0.413 e. The lowest BCUT2D eigenvalue weighted by atomic mass is 10.0. The molecule has 1 aliphatic heterocycles. The molecule has 3 atom stereocenters. The highest BCUT2D eigenvalue weighted by Crippen LogP contribution is 2.45. The fourth-order valence-electron chi connectivity index (χ4n) is 4.45. The second kappa shape index (κ2) is 10.4. The third-order valence-corrected chi connectivity index (χ3v) is 9.16. The van der Waals surface area contributed by atoms with Gasteiger partial charge in [-0.25, -0.2) is 4.79 Å². The van der Waals surface area contributed by atoms with Crippen molar-refractivity contribution < 1.29 is 23.6 Å². The van der Waals surface area contributed by atoms with Crippen molar-refractivity contribution in [3.63, 3.8) is 0 Å². The normalized spacial score (nSPS) is 20.2. The van der Waals surface area contributed by atoms with Crippen LogP contribution in [0.3, 0.4) is 0 Å². The summed E-state index contributed by atoms with van der Waals surface area (Å²) in [5.74, 6) is -0.429. The van der Waals surface area contributed by atoms with Crippen molar-refractivity contribution >= 4 is 29.6 Å². The van der Waals surface area contributed by atoms with Gasteiger partial charge in [0, 0.05) is 10.6 Å². The molecule has 3 aromatic carbocycles. The first kappa shape index (κ1) is 25.9. The standard InChI is InChI=1S/C29H32NO5P/c1-21-26(22-14-8-5-9-15-22)34-27(30(21)28(32)35-29(2,3)4)25(31)20-36(33,23-16-10-6-11-17-23)24-18-12-7-13-19-24/h5-19,21,26-27H,20H2,1-4H3/t21-,26-,27-/m0/s1. The molecule has 1 aliphatic rings. The molecule has 4 rings (SSSR count). The van der Waals surface area contributed by atoms with Crippen LogP contribution >= 0.6 is 7.14 Å². The predicted molar refractivity (Wildman–Crippen MR) is 141 cm³/mol. The monoisotopic (exact) mass is 505 g/mol. The molecular weight excluding hydrogens is 473 g/mol. The van der Waals surface area contributed by atoms with Crippen LogP contribution in [0.25, 0.3) is 0 Å². The zero-order valence-corrected chi connectivity index (χ0v) is 21.9. The molecule has 1 fully saturated rings. The van der Waals surface area contributed by atoms with E-state index < -0.39 is 43.0 Å². The molecule has 0 unspecified atom stereocenters. The number of ketones is 1. The predicted octanol–water partition coefficient (Wildman–Crippen LogP) is 5.29. The van der Waals surface area contributed by atoms with Gasteiger partial charge in [-0.3, -0.25) is 9.69 Å². The van der Waals surface area contributed by atoms with Gasteiger partial charge in [0.25, 0.3) is 0 Å². The average Bonchev–Trinajstić information content (AvgIpc) is 3.22. The Morgan fingerprint density at radius 3 is 1.81 bits per heavy atom. The van der Waals surface area contributed by atoms with E-state index in [1.54, 1.807) is 45.0 Å². The summed E-state index contributed by atoms with van der Waals surface area (Å²) < 4.78 is 26.4. The van der Waals surface area contributed by atoms with Crippen molar-refractivity contribution in [1.82, 2.24) is 4.90 Å². The molecule has 0 aromatic heterocycles. The van der Waals surface area contributed by atoms with E-state index in [4.69, 9.17) is 9.47 Å². The molecule has 7 heteroatoms. The van der Waals surface area contributed by atoms with Crippen molar-refractivity contribution in [1.29, 1.82) is 0 Å². The Morgan fingerprint density at radius 2 is 1.33 bits per heavy atom. The van der Waals surface area contributed by atoms with Gasteiger partial charge in [-0.15, -0.1) is 0 Å². The van der Waals surface area contributed by atoms with Crippen LogP contribution in [-0.2, 0) is 18.8 Å². The first-order chi connectivity index (χ1) is 17.1. The van der Waals surface area contributed by atoms with Crippen LogP contribution in [0.1, 0.15) is 39.4 Å². The van der Waals surface area contributed by atoms with Gasteiger partial charge in [0.2, 0.25) is 0 Å². The molecule has 188 valence electrons. The minimum Gasteiger partial charge on any atom is -0.444 e. The molecule has 1 saturated heterocycles. The summed E-state index contributed by atoms with van der Waals surface area (Å²) in [6.07, 6.45) is -2.67.